The van der Waals surface area contributed by atoms with Crippen molar-refractivity contribution in [2.75, 3.05) is 12.8 Å². The first-order valence-corrected chi connectivity index (χ1v) is 7.70. The van der Waals surface area contributed by atoms with Crippen LogP contribution < -0.4 is 5.32 Å². The first-order chi connectivity index (χ1) is 9.65. The van der Waals surface area contributed by atoms with Crippen molar-refractivity contribution in [3.63, 3.8) is 0 Å². The zero-order valence-corrected chi connectivity index (χ0v) is 12.3. The van der Waals surface area contributed by atoms with Gasteiger partial charge in [0.05, 0.1) is 6.04 Å². The molecule has 2 aromatic rings. The summed E-state index contributed by atoms with van der Waals surface area (Å²) in [5.41, 5.74) is 1.76. The van der Waals surface area contributed by atoms with E-state index in [9.17, 15) is 8.78 Å². The average Bonchev–Trinajstić information content (AvgIpc) is 2.48. The van der Waals surface area contributed by atoms with E-state index in [1.807, 2.05) is 37.4 Å². The van der Waals surface area contributed by atoms with Crippen molar-refractivity contribution in [2.45, 2.75) is 17.9 Å². The van der Waals surface area contributed by atoms with Crippen LogP contribution in [0.15, 0.2) is 47.4 Å². The monoisotopic (exact) mass is 293 g/mol. The number of nitrogens with one attached hydrogen (secondary N) is 1. The van der Waals surface area contributed by atoms with Crippen LogP contribution in [-0.2, 0) is 0 Å². The Morgan fingerprint density at radius 3 is 2.20 bits per heavy atom. The van der Waals surface area contributed by atoms with Crippen LogP contribution in [0.2, 0.25) is 0 Å². The van der Waals surface area contributed by atoms with Crippen LogP contribution in [0.4, 0.5) is 8.78 Å². The molecule has 0 aliphatic heterocycles. The van der Waals surface area contributed by atoms with Crippen LogP contribution in [0.3, 0.4) is 0 Å². The van der Waals surface area contributed by atoms with Crippen molar-refractivity contribution in [1.82, 2.24) is 5.32 Å². The van der Waals surface area contributed by atoms with Crippen molar-refractivity contribution in [3.8, 4) is 0 Å². The van der Waals surface area contributed by atoms with Crippen LogP contribution in [0.1, 0.15) is 24.1 Å². The molecule has 0 heterocycles. The lowest BCUT2D eigenvalue weighted by Crippen LogP contribution is -2.22. The smallest absolute Gasteiger partial charge is 0.159 e. The largest absolute Gasteiger partial charge is 0.307 e. The maximum absolute atomic E-state index is 13.4. The van der Waals surface area contributed by atoms with Gasteiger partial charge in [0, 0.05) is 4.90 Å². The molecule has 0 saturated carbocycles. The summed E-state index contributed by atoms with van der Waals surface area (Å²) in [6.07, 6.45) is 2.02. The lowest BCUT2D eigenvalue weighted by Gasteiger charge is -2.19. The van der Waals surface area contributed by atoms with Gasteiger partial charge in [-0.05, 0) is 48.2 Å². The van der Waals surface area contributed by atoms with Crippen LogP contribution in [0.25, 0.3) is 0 Å². The molecule has 1 atom stereocenters. The number of hydrogen-bond acceptors (Lipinski definition) is 2. The summed E-state index contributed by atoms with van der Waals surface area (Å²) < 4.78 is 26.5. The Hall–Kier alpha value is -1.39. The van der Waals surface area contributed by atoms with E-state index < -0.39 is 11.6 Å². The van der Waals surface area contributed by atoms with Gasteiger partial charge in [-0.25, -0.2) is 8.78 Å². The lowest BCUT2D eigenvalue weighted by atomic mass is 9.98. The van der Waals surface area contributed by atoms with Gasteiger partial charge in [-0.2, -0.15) is 0 Å². The zero-order chi connectivity index (χ0) is 14.5. The highest BCUT2D eigenvalue weighted by Crippen LogP contribution is 2.25. The van der Waals surface area contributed by atoms with Gasteiger partial charge in [-0.15, -0.1) is 11.8 Å². The van der Waals surface area contributed by atoms with Gasteiger partial charge < -0.3 is 5.32 Å². The minimum absolute atomic E-state index is 0.133. The molecule has 1 N–H and O–H groups in total. The second-order valence-electron chi connectivity index (χ2n) is 4.44. The lowest BCUT2D eigenvalue weighted by molar-refractivity contribution is 0.504. The van der Waals surface area contributed by atoms with Crippen LogP contribution in [0.5, 0.6) is 0 Å². The molecule has 1 unspecified atom stereocenters. The van der Waals surface area contributed by atoms with Crippen molar-refractivity contribution in [2.24, 2.45) is 0 Å². The second kappa shape index (κ2) is 6.86. The standard InChI is InChI=1S/C16H17F2NS/c1-3-19-16(11-4-7-13(20-2)8-5-11)12-6-9-14(17)15(18)10-12/h4-10,16,19H,3H2,1-2H3. The third kappa shape index (κ3) is 3.38. The van der Waals surface area contributed by atoms with Crippen LogP contribution >= 0.6 is 11.8 Å². The normalized spacial score (nSPS) is 12.4. The first kappa shape index (κ1) is 15.0. The summed E-state index contributed by atoms with van der Waals surface area (Å²) in [5.74, 6) is -1.63. The highest BCUT2D eigenvalue weighted by Gasteiger charge is 2.15. The number of thioether (sulfide) groups is 1. The summed E-state index contributed by atoms with van der Waals surface area (Å²) in [6.45, 7) is 2.73. The zero-order valence-electron chi connectivity index (χ0n) is 11.5. The Kier molecular flexibility index (Phi) is 5.15. The van der Waals surface area contributed by atoms with Gasteiger partial charge in [-0.3, -0.25) is 0 Å². The van der Waals surface area contributed by atoms with E-state index in [1.165, 1.54) is 17.0 Å². The molecular formula is C16H17F2NS. The van der Waals surface area contributed by atoms with Crippen molar-refractivity contribution in [1.29, 1.82) is 0 Å². The maximum Gasteiger partial charge on any atom is 0.159 e. The van der Waals surface area contributed by atoms with E-state index in [0.29, 0.717) is 0 Å². The molecule has 4 heteroatoms. The summed E-state index contributed by atoms with van der Waals surface area (Å²) in [4.78, 5) is 1.18. The molecule has 0 fully saturated rings. The third-order valence-electron chi connectivity index (χ3n) is 3.13. The number of halogens is 2. The first-order valence-electron chi connectivity index (χ1n) is 6.48. The van der Waals surface area contributed by atoms with Crippen LogP contribution in [0, 0.1) is 11.6 Å². The topological polar surface area (TPSA) is 12.0 Å². The Bertz CT molecular complexity index is 569. The highest BCUT2D eigenvalue weighted by atomic mass is 32.2. The minimum atomic E-state index is -0.818. The van der Waals surface area contributed by atoms with E-state index in [1.54, 1.807) is 17.8 Å². The fourth-order valence-corrected chi connectivity index (χ4v) is 2.53. The molecule has 0 radical (unpaired) electrons. The predicted octanol–water partition coefficient (Wildman–Crippen LogP) is 4.39. The molecule has 20 heavy (non-hydrogen) atoms. The average molecular weight is 293 g/mol. The van der Waals surface area contributed by atoms with Gasteiger partial charge in [0.2, 0.25) is 0 Å². The van der Waals surface area contributed by atoms with Gasteiger partial charge in [-0.1, -0.05) is 25.1 Å². The van der Waals surface area contributed by atoms with E-state index >= 15 is 0 Å². The number of benzene rings is 2. The summed E-state index contributed by atoms with van der Waals surface area (Å²) in [5, 5.41) is 3.30. The van der Waals surface area contributed by atoms with E-state index in [0.717, 1.165) is 17.7 Å². The molecule has 106 valence electrons. The summed E-state index contributed by atoms with van der Waals surface area (Å²) in [6, 6.07) is 12.0. The van der Waals surface area contributed by atoms with Crippen molar-refractivity contribution in [3.05, 3.63) is 65.2 Å². The molecule has 0 saturated heterocycles. The van der Waals surface area contributed by atoms with Gasteiger partial charge in [0.15, 0.2) is 11.6 Å². The quantitative estimate of drug-likeness (QED) is 0.821. The van der Waals surface area contributed by atoms with E-state index in [2.05, 4.69) is 5.32 Å². The van der Waals surface area contributed by atoms with Gasteiger partial charge >= 0.3 is 0 Å². The van der Waals surface area contributed by atoms with Gasteiger partial charge in [0.1, 0.15) is 0 Å². The maximum atomic E-state index is 13.4. The van der Waals surface area contributed by atoms with Crippen molar-refractivity contribution < 1.29 is 8.78 Å². The number of hydrogen-bond donors (Lipinski definition) is 1. The third-order valence-corrected chi connectivity index (χ3v) is 3.88. The van der Waals surface area contributed by atoms with Crippen molar-refractivity contribution >= 4 is 11.8 Å². The molecule has 1 nitrogen and oxygen atoms in total. The molecule has 2 aromatic carbocycles. The molecule has 0 aliphatic carbocycles. The minimum Gasteiger partial charge on any atom is -0.307 e. The molecule has 2 rings (SSSR count). The molecule has 0 bridgehead atoms. The van der Waals surface area contributed by atoms with E-state index in [4.69, 9.17) is 0 Å². The molecule has 0 spiro atoms. The summed E-state index contributed by atoms with van der Waals surface area (Å²) >= 11 is 1.67. The second-order valence-corrected chi connectivity index (χ2v) is 5.32. The molecule has 0 aliphatic rings. The Morgan fingerprint density at radius 1 is 1.00 bits per heavy atom. The fourth-order valence-electron chi connectivity index (χ4n) is 2.12. The molecule has 0 aromatic heterocycles. The highest BCUT2D eigenvalue weighted by molar-refractivity contribution is 7.98. The summed E-state index contributed by atoms with van der Waals surface area (Å²) in [7, 11) is 0. The van der Waals surface area contributed by atoms with Gasteiger partial charge in [0.25, 0.3) is 0 Å². The molecule has 0 amide bonds. The predicted molar refractivity (Wildman–Crippen MR) is 80.1 cm³/mol. The van der Waals surface area contributed by atoms with Crippen LogP contribution in [-0.4, -0.2) is 12.8 Å². The SMILES string of the molecule is CCNC(c1ccc(SC)cc1)c1ccc(F)c(F)c1. The Balaban J connectivity index is 2.35. The fraction of sp³-hybridized carbons (Fsp3) is 0.250. The molecular weight excluding hydrogens is 276 g/mol. The number of rotatable bonds is 5. The Labute approximate surface area is 122 Å². The Morgan fingerprint density at radius 2 is 1.65 bits per heavy atom. The van der Waals surface area contributed by atoms with E-state index in [-0.39, 0.29) is 6.04 Å².